The first-order chi connectivity index (χ1) is 14.1. The minimum Gasteiger partial charge on any atom is -0.467 e. The third-order valence-electron chi connectivity index (χ3n) is 4.10. The Labute approximate surface area is 175 Å². The molecule has 0 aliphatic heterocycles. The topological polar surface area (TPSA) is 81.7 Å². The Balaban J connectivity index is 2.04. The van der Waals surface area contributed by atoms with Crippen molar-refractivity contribution in [3.8, 4) is 0 Å². The van der Waals surface area contributed by atoms with Crippen LogP contribution >= 0.6 is 0 Å². The van der Waals surface area contributed by atoms with Crippen molar-refractivity contribution in [2.24, 2.45) is 0 Å². The highest BCUT2D eigenvalue weighted by molar-refractivity contribution is 5.89. The van der Waals surface area contributed by atoms with Gasteiger partial charge in [-0.1, -0.05) is 24.3 Å². The Morgan fingerprint density at radius 2 is 1.70 bits per heavy atom. The van der Waals surface area contributed by atoms with E-state index in [0.29, 0.717) is 11.1 Å². The van der Waals surface area contributed by atoms with Gasteiger partial charge in [0.2, 0.25) is 5.91 Å². The second-order valence-electron chi connectivity index (χ2n) is 7.85. The van der Waals surface area contributed by atoms with Crippen molar-refractivity contribution in [2.75, 3.05) is 7.11 Å². The lowest BCUT2D eigenvalue weighted by Gasteiger charge is -2.20. The molecule has 1 N–H and O–H groups in total. The number of ether oxygens (including phenoxy) is 2. The number of nitrogens with one attached hydrogen (secondary N) is 1. The molecule has 30 heavy (non-hydrogen) atoms. The van der Waals surface area contributed by atoms with Gasteiger partial charge in [0.1, 0.15) is 17.5 Å². The molecule has 0 fully saturated rings. The molecule has 1 amide bonds. The largest absolute Gasteiger partial charge is 0.467 e. The van der Waals surface area contributed by atoms with E-state index in [2.05, 4.69) is 5.32 Å². The first-order valence-corrected chi connectivity index (χ1v) is 9.51. The molecule has 1 atom stereocenters. The molecule has 2 aromatic carbocycles. The van der Waals surface area contributed by atoms with Crippen LogP contribution in [-0.2, 0) is 31.9 Å². The molecule has 160 valence electrons. The van der Waals surface area contributed by atoms with Gasteiger partial charge in [-0.05, 0) is 56.2 Å². The van der Waals surface area contributed by atoms with Gasteiger partial charge in [0, 0.05) is 6.42 Å². The average molecular weight is 415 g/mol. The van der Waals surface area contributed by atoms with Gasteiger partial charge in [0.25, 0.3) is 0 Å². The summed E-state index contributed by atoms with van der Waals surface area (Å²) < 4.78 is 23.4. The molecule has 0 radical (unpaired) electrons. The number of carbonyl (C=O) groups is 3. The van der Waals surface area contributed by atoms with E-state index in [4.69, 9.17) is 9.47 Å². The number of benzene rings is 2. The summed E-state index contributed by atoms with van der Waals surface area (Å²) in [6, 6.07) is 11.4. The summed E-state index contributed by atoms with van der Waals surface area (Å²) in [7, 11) is 1.24. The van der Waals surface area contributed by atoms with Gasteiger partial charge < -0.3 is 14.8 Å². The Morgan fingerprint density at radius 1 is 1.03 bits per heavy atom. The van der Waals surface area contributed by atoms with Crippen LogP contribution in [0.2, 0.25) is 0 Å². The Bertz CT molecular complexity index is 903. The SMILES string of the molecule is COC(=O)[C@H](Cc1ccc(C(=O)OC(C)(C)C)cc1)NC(=O)Cc1cccc(F)c1. The van der Waals surface area contributed by atoms with E-state index in [1.165, 1.54) is 25.3 Å². The van der Waals surface area contributed by atoms with Crippen molar-refractivity contribution in [2.45, 2.75) is 45.3 Å². The van der Waals surface area contributed by atoms with E-state index in [0.717, 1.165) is 5.56 Å². The average Bonchev–Trinajstić information content (AvgIpc) is 2.66. The molecule has 0 aliphatic rings. The number of hydrogen-bond donors (Lipinski definition) is 1. The van der Waals surface area contributed by atoms with Crippen LogP contribution in [0.25, 0.3) is 0 Å². The van der Waals surface area contributed by atoms with Crippen molar-refractivity contribution < 1.29 is 28.2 Å². The highest BCUT2D eigenvalue weighted by Gasteiger charge is 2.23. The number of methoxy groups -OCH3 is 1. The number of esters is 2. The van der Waals surface area contributed by atoms with E-state index >= 15 is 0 Å². The summed E-state index contributed by atoms with van der Waals surface area (Å²) in [4.78, 5) is 36.5. The molecular formula is C23H26FNO5. The molecule has 2 rings (SSSR count). The van der Waals surface area contributed by atoms with E-state index in [9.17, 15) is 18.8 Å². The Morgan fingerprint density at radius 3 is 2.27 bits per heavy atom. The minimum absolute atomic E-state index is 0.0666. The fourth-order valence-corrected chi connectivity index (χ4v) is 2.76. The molecular weight excluding hydrogens is 389 g/mol. The summed E-state index contributed by atoms with van der Waals surface area (Å²) >= 11 is 0. The van der Waals surface area contributed by atoms with Crippen molar-refractivity contribution in [3.63, 3.8) is 0 Å². The van der Waals surface area contributed by atoms with Gasteiger partial charge in [0.15, 0.2) is 0 Å². The number of rotatable bonds is 7. The molecule has 0 saturated carbocycles. The Hall–Kier alpha value is -3.22. The summed E-state index contributed by atoms with van der Waals surface area (Å²) in [6.07, 6.45) is 0.110. The van der Waals surface area contributed by atoms with Crippen molar-refractivity contribution in [1.82, 2.24) is 5.32 Å². The van der Waals surface area contributed by atoms with Crippen LogP contribution in [0.1, 0.15) is 42.3 Å². The number of halogens is 1. The lowest BCUT2D eigenvalue weighted by molar-refractivity contribution is -0.145. The molecule has 0 spiro atoms. The van der Waals surface area contributed by atoms with Crippen molar-refractivity contribution in [1.29, 1.82) is 0 Å². The zero-order valence-electron chi connectivity index (χ0n) is 17.5. The van der Waals surface area contributed by atoms with Gasteiger partial charge in [-0.25, -0.2) is 14.0 Å². The monoisotopic (exact) mass is 415 g/mol. The van der Waals surface area contributed by atoms with Crippen molar-refractivity contribution in [3.05, 3.63) is 71.0 Å². The summed E-state index contributed by atoms with van der Waals surface area (Å²) in [5.41, 5.74) is 1.01. The zero-order chi connectivity index (χ0) is 22.3. The maximum Gasteiger partial charge on any atom is 0.338 e. The second-order valence-corrected chi connectivity index (χ2v) is 7.85. The van der Waals surface area contributed by atoms with Gasteiger partial charge in [-0.2, -0.15) is 0 Å². The number of carbonyl (C=O) groups excluding carboxylic acids is 3. The molecule has 0 aromatic heterocycles. The van der Waals surface area contributed by atoms with Crippen LogP contribution in [0.15, 0.2) is 48.5 Å². The minimum atomic E-state index is -0.913. The molecule has 6 nitrogen and oxygen atoms in total. The summed E-state index contributed by atoms with van der Waals surface area (Å²) in [6.45, 7) is 5.35. The first-order valence-electron chi connectivity index (χ1n) is 9.51. The van der Waals surface area contributed by atoms with Gasteiger partial charge >= 0.3 is 11.9 Å². The van der Waals surface area contributed by atoms with Crippen LogP contribution in [-0.4, -0.2) is 36.6 Å². The Kier molecular flexibility index (Phi) is 7.69. The molecule has 0 aliphatic carbocycles. The summed E-state index contributed by atoms with van der Waals surface area (Å²) in [5, 5.41) is 2.63. The highest BCUT2D eigenvalue weighted by atomic mass is 19.1. The predicted octanol–water partition coefficient (Wildman–Crippen LogP) is 3.22. The van der Waals surface area contributed by atoms with Crippen LogP contribution in [0, 0.1) is 5.82 Å². The third kappa shape index (κ3) is 7.31. The van der Waals surface area contributed by atoms with E-state index in [1.54, 1.807) is 51.1 Å². The molecule has 0 unspecified atom stereocenters. The highest BCUT2D eigenvalue weighted by Crippen LogP contribution is 2.14. The predicted molar refractivity (Wildman–Crippen MR) is 109 cm³/mol. The maximum atomic E-state index is 13.3. The van der Waals surface area contributed by atoms with Gasteiger partial charge in [-0.3, -0.25) is 4.79 Å². The lowest BCUT2D eigenvalue weighted by Crippen LogP contribution is -2.43. The van der Waals surface area contributed by atoms with E-state index < -0.39 is 35.3 Å². The van der Waals surface area contributed by atoms with E-state index in [-0.39, 0.29) is 12.8 Å². The normalized spacial score (nSPS) is 12.0. The quantitative estimate of drug-likeness (QED) is 0.702. The van der Waals surface area contributed by atoms with Crippen LogP contribution in [0.3, 0.4) is 0 Å². The van der Waals surface area contributed by atoms with Gasteiger partial charge in [0.05, 0.1) is 19.1 Å². The second kappa shape index (κ2) is 10.0. The fraction of sp³-hybridized carbons (Fsp3) is 0.348. The lowest BCUT2D eigenvalue weighted by atomic mass is 10.0. The molecule has 0 saturated heterocycles. The molecule has 2 aromatic rings. The molecule has 0 heterocycles. The fourth-order valence-electron chi connectivity index (χ4n) is 2.76. The third-order valence-corrected chi connectivity index (χ3v) is 4.10. The first kappa shape index (κ1) is 23.1. The molecule has 0 bridgehead atoms. The van der Waals surface area contributed by atoms with E-state index in [1.807, 2.05) is 0 Å². The standard InChI is InChI=1S/C23H26FNO5/c1-23(2,3)30-21(27)17-10-8-15(9-11-17)13-19(22(28)29-4)25-20(26)14-16-6-5-7-18(24)12-16/h5-12,19H,13-14H2,1-4H3,(H,25,26)/t19-/m0/s1. The summed E-state index contributed by atoms with van der Waals surface area (Å²) in [5.74, 6) is -1.91. The van der Waals surface area contributed by atoms with Crippen LogP contribution in [0.5, 0.6) is 0 Å². The number of hydrogen-bond acceptors (Lipinski definition) is 5. The molecule has 7 heteroatoms. The zero-order valence-corrected chi connectivity index (χ0v) is 17.5. The van der Waals surface area contributed by atoms with Gasteiger partial charge in [-0.15, -0.1) is 0 Å². The number of amides is 1. The van der Waals surface area contributed by atoms with Crippen LogP contribution in [0.4, 0.5) is 4.39 Å². The smallest absolute Gasteiger partial charge is 0.338 e. The maximum absolute atomic E-state index is 13.3. The van der Waals surface area contributed by atoms with Crippen molar-refractivity contribution >= 4 is 17.8 Å². The van der Waals surface area contributed by atoms with Crippen LogP contribution < -0.4 is 5.32 Å².